The number of hydrogen-bond donors (Lipinski definition) is 1. The average molecular weight is 532 g/mol. The van der Waals surface area contributed by atoms with Gasteiger partial charge in [-0.15, -0.1) is 0 Å². The molecule has 0 spiro atoms. The van der Waals surface area contributed by atoms with Crippen molar-refractivity contribution in [1.82, 2.24) is 19.8 Å². The summed E-state index contributed by atoms with van der Waals surface area (Å²) >= 11 is 0. The van der Waals surface area contributed by atoms with Crippen LogP contribution in [0.1, 0.15) is 22.4 Å². The molecule has 2 fully saturated rings. The van der Waals surface area contributed by atoms with Gasteiger partial charge in [0.05, 0.1) is 31.6 Å². The first-order valence-corrected chi connectivity index (χ1v) is 14.0. The molecule has 1 aromatic heterocycles. The Balaban J connectivity index is 1.36. The van der Waals surface area contributed by atoms with Gasteiger partial charge in [0, 0.05) is 77.0 Å². The van der Waals surface area contributed by atoms with Gasteiger partial charge in [0.2, 0.25) is 0 Å². The van der Waals surface area contributed by atoms with E-state index in [1.807, 2.05) is 18.2 Å². The van der Waals surface area contributed by atoms with Crippen molar-refractivity contribution in [2.45, 2.75) is 26.1 Å². The normalized spacial score (nSPS) is 17.9. The average Bonchev–Trinajstić information content (AvgIpc) is 2.96. The first kappa shape index (κ1) is 27.7. The number of β-amino-alcohol motifs (C(OH)–C–C–N with tert-alkyl or cyclic N) is 1. The number of nitrogens with zero attached hydrogens (tertiary/aromatic N) is 5. The van der Waals surface area contributed by atoms with E-state index in [1.54, 1.807) is 7.11 Å². The summed E-state index contributed by atoms with van der Waals surface area (Å²) < 4.78 is 11.1. The third-order valence-electron chi connectivity index (χ3n) is 7.60. The van der Waals surface area contributed by atoms with Gasteiger partial charge in [-0.2, -0.15) is 0 Å². The number of piperazine rings is 1. The number of methoxy groups -OCH3 is 1. The molecule has 5 rings (SSSR count). The van der Waals surface area contributed by atoms with Crippen LogP contribution in [0.4, 0.5) is 5.82 Å². The molecular formula is C31H41N5O3. The molecule has 1 N–H and O–H groups in total. The molecule has 208 valence electrons. The molecule has 0 bridgehead atoms. The predicted octanol–water partition coefficient (Wildman–Crippen LogP) is 3.00. The van der Waals surface area contributed by atoms with E-state index in [4.69, 9.17) is 19.4 Å². The number of benzene rings is 2. The van der Waals surface area contributed by atoms with Gasteiger partial charge in [-0.25, -0.2) is 9.97 Å². The molecule has 1 unspecified atom stereocenters. The third-order valence-corrected chi connectivity index (χ3v) is 7.60. The van der Waals surface area contributed by atoms with Crippen LogP contribution in [0, 0.1) is 6.92 Å². The van der Waals surface area contributed by atoms with E-state index >= 15 is 0 Å². The zero-order chi connectivity index (χ0) is 27.0. The maximum Gasteiger partial charge on any atom is 0.161 e. The van der Waals surface area contributed by atoms with Crippen molar-refractivity contribution in [1.29, 1.82) is 0 Å². The van der Waals surface area contributed by atoms with Gasteiger partial charge in [0.15, 0.2) is 5.82 Å². The van der Waals surface area contributed by atoms with Crippen molar-refractivity contribution >= 4 is 5.82 Å². The molecule has 8 nitrogen and oxygen atoms in total. The Hall–Kier alpha value is -2.88. The lowest BCUT2D eigenvalue weighted by molar-refractivity contribution is 0.00655. The Kier molecular flexibility index (Phi) is 9.55. The van der Waals surface area contributed by atoms with Gasteiger partial charge in [0.1, 0.15) is 5.82 Å². The molecule has 3 aromatic rings. The first-order valence-electron chi connectivity index (χ1n) is 14.0. The van der Waals surface area contributed by atoms with Crippen LogP contribution in [0.2, 0.25) is 0 Å². The minimum atomic E-state index is -0.358. The van der Waals surface area contributed by atoms with E-state index in [2.05, 4.69) is 58.0 Å². The highest BCUT2D eigenvalue weighted by Crippen LogP contribution is 2.29. The molecule has 2 aliphatic rings. The van der Waals surface area contributed by atoms with Crippen LogP contribution in [-0.2, 0) is 22.5 Å². The van der Waals surface area contributed by atoms with Gasteiger partial charge >= 0.3 is 0 Å². The van der Waals surface area contributed by atoms with Gasteiger partial charge in [-0.3, -0.25) is 9.80 Å². The largest absolute Gasteiger partial charge is 0.390 e. The number of hydrogen-bond acceptors (Lipinski definition) is 8. The number of anilines is 1. The lowest BCUT2D eigenvalue weighted by Crippen LogP contribution is -2.51. The molecule has 8 heteroatoms. The van der Waals surface area contributed by atoms with Gasteiger partial charge in [0.25, 0.3) is 0 Å². The summed E-state index contributed by atoms with van der Waals surface area (Å²) in [6, 6.07) is 18.9. The lowest BCUT2D eigenvalue weighted by Gasteiger charge is -2.38. The van der Waals surface area contributed by atoms with E-state index in [1.165, 1.54) is 11.1 Å². The summed E-state index contributed by atoms with van der Waals surface area (Å²) in [7, 11) is 1.72. The predicted molar refractivity (Wildman–Crippen MR) is 154 cm³/mol. The number of aliphatic hydroxyl groups excluding tert-OH is 1. The molecule has 1 atom stereocenters. The van der Waals surface area contributed by atoms with Crippen LogP contribution in [0.3, 0.4) is 0 Å². The number of ether oxygens (including phenoxy) is 2. The van der Waals surface area contributed by atoms with E-state index in [0.717, 1.165) is 87.4 Å². The van der Waals surface area contributed by atoms with Crippen molar-refractivity contribution in [2.75, 3.05) is 77.6 Å². The summed E-state index contributed by atoms with van der Waals surface area (Å²) in [5.41, 5.74) is 5.55. The van der Waals surface area contributed by atoms with Crippen molar-refractivity contribution in [2.24, 2.45) is 0 Å². The molecule has 2 aliphatic heterocycles. The molecule has 0 radical (unpaired) electrons. The Morgan fingerprint density at radius 3 is 2.21 bits per heavy atom. The van der Waals surface area contributed by atoms with Crippen molar-refractivity contribution < 1.29 is 14.6 Å². The number of aliphatic hydroxyl groups is 1. The summed E-state index contributed by atoms with van der Waals surface area (Å²) in [5.74, 6) is 1.72. The molecule has 2 aromatic carbocycles. The van der Waals surface area contributed by atoms with Crippen LogP contribution in [0.25, 0.3) is 11.4 Å². The molecule has 3 heterocycles. The number of rotatable bonds is 10. The molecule has 0 aliphatic carbocycles. The topological polar surface area (TPSA) is 74.2 Å². The summed E-state index contributed by atoms with van der Waals surface area (Å²) in [5, 5.41) is 10.7. The van der Waals surface area contributed by atoms with E-state index in [9.17, 15) is 5.11 Å². The molecule has 0 amide bonds. The van der Waals surface area contributed by atoms with Gasteiger partial charge < -0.3 is 19.5 Å². The second kappa shape index (κ2) is 13.5. The Morgan fingerprint density at radius 2 is 1.54 bits per heavy atom. The number of aryl methyl sites for hydroxylation is 1. The van der Waals surface area contributed by atoms with Gasteiger partial charge in [-0.1, -0.05) is 60.2 Å². The second-order valence-electron chi connectivity index (χ2n) is 10.6. The third kappa shape index (κ3) is 7.41. The van der Waals surface area contributed by atoms with Crippen LogP contribution in [0.5, 0.6) is 0 Å². The van der Waals surface area contributed by atoms with Crippen LogP contribution >= 0.6 is 0 Å². The van der Waals surface area contributed by atoms with Crippen molar-refractivity contribution in [3.8, 4) is 11.4 Å². The monoisotopic (exact) mass is 531 g/mol. The minimum absolute atomic E-state index is 0.358. The molecule has 2 saturated heterocycles. The van der Waals surface area contributed by atoms with E-state index in [0.29, 0.717) is 19.7 Å². The zero-order valence-corrected chi connectivity index (χ0v) is 23.3. The second-order valence-corrected chi connectivity index (χ2v) is 10.6. The SMILES string of the molecule is COCc1nc(-c2ccccc2)nc(N2CCN(CC(O)CN3CCOCC3)CC2)c1Cc1ccc(C)cc1. The highest BCUT2D eigenvalue weighted by atomic mass is 16.5. The molecule has 39 heavy (non-hydrogen) atoms. The highest BCUT2D eigenvalue weighted by molar-refractivity contribution is 5.61. The van der Waals surface area contributed by atoms with Crippen LogP contribution < -0.4 is 4.90 Å². The lowest BCUT2D eigenvalue weighted by atomic mass is 10.0. The van der Waals surface area contributed by atoms with Crippen molar-refractivity contribution in [3.63, 3.8) is 0 Å². The van der Waals surface area contributed by atoms with Crippen LogP contribution in [0.15, 0.2) is 54.6 Å². The molecular weight excluding hydrogens is 490 g/mol. The zero-order valence-electron chi connectivity index (χ0n) is 23.3. The Morgan fingerprint density at radius 1 is 0.872 bits per heavy atom. The fourth-order valence-corrected chi connectivity index (χ4v) is 5.42. The van der Waals surface area contributed by atoms with Crippen molar-refractivity contribution in [3.05, 3.63) is 77.0 Å². The van der Waals surface area contributed by atoms with E-state index in [-0.39, 0.29) is 6.10 Å². The quantitative estimate of drug-likeness (QED) is 0.428. The smallest absolute Gasteiger partial charge is 0.161 e. The maximum absolute atomic E-state index is 10.7. The van der Waals surface area contributed by atoms with Crippen LogP contribution in [-0.4, -0.2) is 104 Å². The molecule has 0 saturated carbocycles. The highest BCUT2D eigenvalue weighted by Gasteiger charge is 2.26. The van der Waals surface area contributed by atoms with Gasteiger partial charge in [-0.05, 0) is 12.5 Å². The Bertz CT molecular complexity index is 1180. The minimum Gasteiger partial charge on any atom is -0.390 e. The Labute approximate surface area is 232 Å². The summed E-state index contributed by atoms with van der Waals surface area (Å²) in [6.07, 6.45) is 0.394. The summed E-state index contributed by atoms with van der Waals surface area (Å²) in [6.45, 7) is 10.7. The summed E-state index contributed by atoms with van der Waals surface area (Å²) in [4.78, 5) is 17.2. The number of morpholine rings is 1. The first-order chi connectivity index (χ1) is 19.1. The fourth-order valence-electron chi connectivity index (χ4n) is 5.42. The maximum atomic E-state index is 10.7. The fraction of sp³-hybridized carbons (Fsp3) is 0.484. The number of aromatic nitrogens is 2. The van der Waals surface area contributed by atoms with E-state index < -0.39 is 0 Å². The standard InChI is InChI=1S/C31H41N5O3/c1-24-8-10-25(11-9-24)20-28-29(23-38-2)32-30(26-6-4-3-5-7-26)33-31(28)36-14-12-34(13-15-36)21-27(37)22-35-16-18-39-19-17-35/h3-11,27,37H,12-23H2,1-2H3.